The number of hydrogen-bond acceptors (Lipinski definition) is 8. The van der Waals surface area contributed by atoms with Crippen LogP contribution in [0.4, 0.5) is 5.69 Å². The standard InChI is InChI=1S/C22H22N2O6S/c1-5-30-21(26)13-6-8-15(9-7-13)23-22-24-20(25)19(31-22)11-14-10-17(28-3)18(29-4)12-16(14)27-2/h6-12H,5H2,1-4H3,(H,23,24,25)/b19-11+. The van der Waals surface area contributed by atoms with Crippen LogP contribution in [-0.4, -0.2) is 45.0 Å². The van der Waals surface area contributed by atoms with Crippen molar-refractivity contribution in [1.82, 2.24) is 5.32 Å². The molecule has 1 heterocycles. The van der Waals surface area contributed by atoms with Crippen LogP contribution in [0.3, 0.4) is 0 Å². The van der Waals surface area contributed by atoms with E-state index in [0.29, 0.717) is 50.7 Å². The maximum Gasteiger partial charge on any atom is 0.338 e. The van der Waals surface area contributed by atoms with Crippen molar-refractivity contribution < 1.29 is 28.5 Å². The first kappa shape index (κ1) is 22.2. The molecule has 9 heteroatoms. The van der Waals surface area contributed by atoms with Gasteiger partial charge in [0.15, 0.2) is 16.7 Å². The molecule has 0 atom stereocenters. The van der Waals surface area contributed by atoms with Crippen LogP contribution >= 0.6 is 11.8 Å². The van der Waals surface area contributed by atoms with Gasteiger partial charge in [-0.05, 0) is 55.1 Å². The van der Waals surface area contributed by atoms with E-state index >= 15 is 0 Å². The average molecular weight is 442 g/mol. The quantitative estimate of drug-likeness (QED) is 0.515. The SMILES string of the molecule is CCOC(=O)c1ccc(N=C2NC(=O)/C(=C\c3cc(OC)c(OC)cc3OC)S2)cc1. The first-order valence-corrected chi connectivity index (χ1v) is 10.2. The van der Waals surface area contributed by atoms with Gasteiger partial charge in [-0.3, -0.25) is 4.79 Å². The molecular weight excluding hydrogens is 420 g/mol. The Morgan fingerprint density at radius 2 is 1.68 bits per heavy atom. The lowest BCUT2D eigenvalue weighted by atomic mass is 10.1. The summed E-state index contributed by atoms with van der Waals surface area (Å²) in [5.74, 6) is 0.925. The number of carbonyl (C=O) groups excluding carboxylic acids is 2. The minimum Gasteiger partial charge on any atom is -0.496 e. The van der Waals surface area contributed by atoms with Gasteiger partial charge in [-0.25, -0.2) is 9.79 Å². The van der Waals surface area contributed by atoms with Crippen molar-refractivity contribution in [3.63, 3.8) is 0 Å². The lowest BCUT2D eigenvalue weighted by molar-refractivity contribution is -0.115. The van der Waals surface area contributed by atoms with Crippen molar-refractivity contribution in [3.8, 4) is 17.2 Å². The summed E-state index contributed by atoms with van der Waals surface area (Å²) in [5, 5.41) is 3.17. The van der Waals surface area contributed by atoms with E-state index in [-0.39, 0.29) is 11.9 Å². The van der Waals surface area contributed by atoms with Gasteiger partial charge in [0.05, 0.1) is 44.1 Å². The summed E-state index contributed by atoms with van der Waals surface area (Å²) in [5.41, 5.74) is 1.70. The lowest BCUT2D eigenvalue weighted by Gasteiger charge is -2.12. The monoisotopic (exact) mass is 442 g/mol. The molecule has 1 fully saturated rings. The molecule has 8 nitrogen and oxygen atoms in total. The van der Waals surface area contributed by atoms with Gasteiger partial charge in [0.2, 0.25) is 0 Å². The maximum atomic E-state index is 12.4. The number of nitrogens with one attached hydrogen (secondary N) is 1. The van der Waals surface area contributed by atoms with Crippen LogP contribution in [0.25, 0.3) is 6.08 Å². The summed E-state index contributed by atoms with van der Waals surface area (Å²) in [6.45, 7) is 2.06. The van der Waals surface area contributed by atoms with Gasteiger partial charge in [-0.2, -0.15) is 0 Å². The van der Waals surface area contributed by atoms with E-state index in [2.05, 4.69) is 10.3 Å². The molecular formula is C22H22N2O6S. The first-order valence-electron chi connectivity index (χ1n) is 9.35. The lowest BCUT2D eigenvalue weighted by Crippen LogP contribution is -2.19. The number of rotatable bonds is 7. The minimum atomic E-state index is -0.390. The van der Waals surface area contributed by atoms with Crippen LogP contribution in [0.1, 0.15) is 22.8 Å². The Labute approximate surface area is 184 Å². The van der Waals surface area contributed by atoms with Gasteiger partial charge in [-0.1, -0.05) is 0 Å². The number of esters is 1. The van der Waals surface area contributed by atoms with Gasteiger partial charge in [0.25, 0.3) is 5.91 Å². The van der Waals surface area contributed by atoms with Crippen LogP contribution in [0.5, 0.6) is 17.2 Å². The number of carbonyl (C=O) groups is 2. The fourth-order valence-corrected chi connectivity index (χ4v) is 3.62. The fourth-order valence-electron chi connectivity index (χ4n) is 2.79. The molecule has 162 valence electrons. The summed E-state index contributed by atoms with van der Waals surface area (Å²) in [7, 11) is 4.62. The van der Waals surface area contributed by atoms with Crippen molar-refractivity contribution in [2.45, 2.75) is 6.92 Å². The van der Waals surface area contributed by atoms with E-state index in [0.717, 1.165) is 0 Å². The Bertz CT molecular complexity index is 1050. The number of thioether (sulfide) groups is 1. The zero-order chi connectivity index (χ0) is 22.4. The molecule has 0 bridgehead atoms. The molecule has 0 spiro atoms. The summed E-state index contributed by atoms with van der Waals surface area (Å²) in [6, 6.07) is 10.1. The van der Waals surface area contributed by atoms with Crippen molar-refractivity contribution in [1.29, 1.82) is 0 Å². The third kappa shape index (κ3) is 5.18. The molecule has 0 aromatic heterocycles. The van der Waals surface area contributed by atoms with Crippen LogP contribution in [0, 0.1) is 0 Å². The number of methoxy groups -OCH3 is 3. The molecule has 1 N–H and O–H groups in total. The first-order chi connectivity index (χ1) is 15.0. The minimum absolute atomic E-state index is 0.274. The molecule has 0 saturated carbocycles. The van der Waals surface area contributed by atoms with Crippen LogP contribution < -0.4 is 19.5 Å². The van der Waals surface area contributed by atoms with Crippen molar-refractivity contribution in [2.24, 2.45) is 4.99 Å². The third-order valence-electron chi connectivity index (χ3n) is 4.28. The number of hydrogen-bond donors (Lipinski definition) is 1. The van der Waals surface area contributed by atoms with Crippen LogP contribution in [0.2, 0.25) is 0 Å². The van der Waals surface area contributed by atoms with E-state index in [1.807, 2.05) is 0 Å². The topological polar surface area (TPSA) is 95.5 Å². The second kappa shape index (κ2) is 10.0. The molecule has 0 aliphatic carbocycles. The second-order valence-electron chi connectivity index (χ2n) is 6.20. The molecule has 0 unspecified atom stereocenters. The number of aliphatic imine (C=N–C) groups is 1. The Morgan fingerprint density at radius 1 is 1.03 bits per heavy atom. The zero-order valence-corrected chi connectivity index (χ0v) is 18.4. The molecule has 1 saturated heterocycles. The van der Waals surface area contributed by atoms with Gasteiger partial charge in [0, 0.05) is 11.6 Å². The van der Waals surface area contributed by atoms with Gasteiger partial charge in [0.1, 0.15) is 5.75 Å². The molecule has 2 aromatic carbocycles. The summed E-state index contributed by atoms with van der Waals surface area (Å²) >= 11 is 1.20. The number of ether oxygens (including phenoxy) is 4. The molecule has 2 aromatic rings. The van der Waals surface area contributed by atoms with Crippen molar-refractivity contribution >= 4 is 40.6 Å². The fraction of sp³-hybridized carbons (Fsp3) is 0.227. The van der Waals surface area contributed by atoms with Crippen molar-refractivity contribution in [2.75, 3.05) is 27.9 Å². The Morgan fingerprint density at radius 3 is 2.29 bits per heavy atom. The van der Waals surface area contributed by atoms with Crippen molar-refractivity contribution in [3.05, 3.63) is 52.4 Å². The van der Waals surface area contributed by atoms with E-state index in [4.69, 9.17) is 18.9 Å². The number of nitrogens with zero attached hydrogens (tertiary/aromatic N) is 1. The van der Waals surface area contributed by atoms with Gasteiger partial charge >= 0.3 is 5.97 Å². The third-order valence-corrected chi connectivity index (χ3v) is 5.19. The molecule has 1 aliphatic heterocycles. The largest absolute Gasteiger partial charge is 0.496 e. The van der Waals surface area contributed by atoms with E-state index in [1.165, 1.54) is 33.1 Å². The number of amidine groups is 1. The Hall–Kier alpha value is -3.46. The Balaban J connectivity index is 1.83. The zero-order valence-electron chi connectivity index (χ0n) is 17.6. The van der Waals surface area contributed by atoms with E-state index < -0.39 is 0 Å². The molecule has 3 rings (SSSR count). The van der Waals surface area contributed by atoms with Gasteiger partial charge in [-0.15, -0.1) is 0 Å². The second-order valence-corrected chi connectivity index (χ2v) is 7.23. The molecule has 0 radical (unpaired) electrons. The highest BCUT2D eigenvalue weighted by Crippen LogP contribution is 2.37. The highest BCUT2D eigenvalue weighted by molar-refractivity contribution is 8.18. The smallest absolute Gasteiger partial charge is 0.338 e. The predicted molar refractivity (Wildman–Crippen MR) is 119 cm³/mol. The normalized spacial score (nSPS) is 15.7. The predicted octanol–water partition coefficient (Wildman–Crippen LogP) is 3.78. The Kier molecular flexibility index (Phi) is 7.19. The summed E-state index contributed by atoms with van der Waals surface area (Å²) in [4.78, 5) is 29.1. The molecule has 31 heavy (non-hydrogen) atoms. The highest BCUT2D eigenvalue weighted by atomic mass is 32.2. The van der Waals surface area contributed by atoms with E-state index in [1.54, 1.807) is 49.4 Å². The average Bonchev–Trinajstić information content (AvgIpc) is 3.12. The maximum absolute atomic E-state index is 12.4. The number of benzene rings is 2. The van der Waals surface area contributed by atoms with Gasteiger partial charge < -0.3 is 24.3 Å². The van der Waals surface area contributed by atoms with Crippen LogP contribution in [0.15, 0.2) is 46.3 Å². The number of amides is 1. The summed E-state index contributed by atoms with van der Waals surface area (Å²) < 4.78 is 21.0. The molecule has 1 aliphatic rings. The van der Waals surface area contributed by atoms with Crippen LogP contribution in [-0.2, 0) is 9.53 Å². The van der Waals surface area contributed by atoms with E-state index in [9.17, 15) is 9.59 Å². The highest BCUT2D eigenvalue weighted by Gasteiger charge is 2.25. The summed E-state index contributed by atoms with van der Waals surface area (Å²) in [6.07, 6.45) is 1.70. The molecule has 1 amide bonds.